The summed E-state index contributed by atoms with van der Waals surface area (Å²) in [6, 6.07) is -0.342. The Labute approximate surface area is 95.6 Å². The summed E-state index contributed by atoms with van der Waals surface area (Å²) in [6.45, 7) is 3.72. The van der Waals surface area contributed by atoms with Gasteiger partial charge in [0.15, 0.2) is 0 Å². The molecule has 1 aliphatic heterocycles. The van der Waals surface area contributed by atoms with Crippen molar-refractivity contribution in [2.45, 2.75) is 39.2 Å². The number of imide groups is 1. The van der Waals surface area contributed by atoms with E-state index in [1.54, 1.807) is 0 Å². The highest BCUT2D eigenvalue weighted by molar-refractivity contribution is 6.05. The van der Waals surface area contributed by atoms with Gasteiger partial charge in [-0.05, 0) is 18.8 Å². The molecule has 0 spiro atoms. The molecule has 1 heterocycles. The third-order valence-electron chi connectivity index (χ3n) is 3.91. The van der Waals surface area contributed by atoms with Crippen molar-refractivity contribution in [1.82, 2.24) is 4.90 Å². The second-order valence-electron chi connectivity index (χ2n) is 5.18. The molecular weight excluding hydrogens is 206 g/mol. The smallest absolute Gasteiger partial charge is 0.233 e. The van der Waals surface area contributed by atoms with E-state index in [1.165, 1.54) is 4.90 Å². The van der Waals surface area contributed by atoms with Gasteiger partial charge in [-0.1, -0.05) is 20.3 Å². The zero-order valence-corrected chi connectivity index (χ0v) is 9.85. The normalized spacial score (nSPS) is 31.4. The molecule has 4 heteroatoms. The minimum atomic E-state index is -0.342. The van der Waals surface area contributed by atoms with Gasteiger partial charge in [-0.2, -0.15) is 0 Å². The Hall–Kier alpha value is -0.900. The molecule has 3 atom stereocenters. The molecule has 2 aliphatic rings. The summed E-state index contributed by atoms with van der Waals surface area (Å²) >= 11 is 0. The number of likely N-dealkylation sites (tertiary alicyclic amines) is 1. The summed E-state index contributed by atoms with van der Waals surface area (Å²) in [4.78, 5) is 25.5. The first-order valence-corrected chi connectivity index (χ1v) is 6.05. The quantitative estimate of drug-likeness (QED) is 0.722. The third kappa shape index (κ3) is 1.56. The van der Waals surface area contributed by atoms with Crippen LogP contribution in [0.5, 0.6) is 0 Å². The molecule has 2 rings (SSSR count). The predicted molar refractivity (Wildman–Crippen MR) is 58.4 cm³/mol. The van der Waals surface area contributed by atoms with Gasteiger partial charge in [-0.3, -0.25) is 14.5 Å². The monoisotopic (exact) mass is 225 g/mol. The lowest BCUT2D eigenvalue weighted by Gasteiger charge is -2.28. The number of hydrogen-bond acceptors (Lipinski definition) is 3. The van der Waals surface area contributed by atoms with Crippen molar-refractivity contribution in [3.05, 3.63) is 0 Å². The Bertz CT molecular complexity index is 291. The molecular formula is C12H19NO3. The van der Waals surface area contributed by atoms with Gasteiger partial charge in [-0.15, -0.1) is 0 Å². The molecule has 0 radical (unpaired) electrons. The van der Waals surface area contributed by atoms with Gasteiger partial charge in [0.25, 0.3) is 0 Å². The summed E-state index contributed by atoms with van der Waals surface area (Å²) in [5.74, 6) is -0.196. The summed E-state index contributed by atoms with van der Waals surface area (Å²) in [5.41, 5.74) is 0. The number of fused-ring (bicyclic) bond motifs is 1. The molecule has 0 aromatic carbocycles. The highest BCUT2D eigenvalue weighted by Gasteiger charge is 2.51. The fourth-order valence-electron chi connectivity index (χ4n) is 2.93. The molecule has 1 aliphatic carbocycles. The van der Waals surface area contributed by atoms with Crippen LogP contribution in [0.1, 0.15) is 33.1 Å². The Morgan fingerprint density at radius 2 is 1.75 bits per heavy atom. The molecule has 2 fully saturated rings. The zero-order valence-electron chi connectivity index (χ0n) is 9.85. The number of aliphatic hydroxyl groups excluding tert-OH is 1. The van der Waals surface area contributed by atoms with Crippen LogP contribution in [0, 0.1) is 17.8 Å². The standard InChI is InChI=1S/C12H19NO3/c1-7(2)10(6-14)13-11(15)8-4-3-5-9(8)12(13)16/h7-10,14H,3-6H2,1-2H3/t8?,9?,10-/m1/s1. The number of carbonyl (C=O) groups is 2. The number of nitrogens with zero attached hydrogens (tertiary/aromatic N) is 1. The van der Waals surface area contributed by atoms with Crippen LogP contribution in [0.25, 0.3) is 0 Å². The van der Waals surface area contributed by atoms with Crippen LogP contribution in [0.15, 0.2) is 0 Å². The molecule has 4 nitrogen and oxygen atoms in total. The van der Waals surface area contributed by atoms with Crippen LogP contribution < -0.4 is 0 Å². The van der Waals surface area contributed by atoms with Gasteiger partial charge in [0.05, 0.1) is 24.5 Å². The van der Waals surface area contributed by atoms with Gasteiger partial charge in [0.2, 0.25) is 11.8 Å². The first kappa shape index (κ1) is 11.6. The lowest BCUT2D eigenvalue weighted by Crippen LogP contribution is -2.46. The number of aliphatic hydroxyl groups is 1. The van der Waals surface area contributed by atoms with Crippen LogP contribution in [0.3, 0.4) is 0 Å². The van der Waals surface area contributed by atoms with Crippen molar-refractivity contribution >= 4 is 11.8 Å². The minimum absolute atomic E-state index is 0.0553. The highest BCUT2D eigenvalue weighted by atomic mass is 16.3. The molecule has 1 saturated carbocycles. The van der Waals surface area contributed by atoms with Gasteiger partial charge >= 0.3 is 0 Å². The van der Waals surface area contributed by atoms with E-state index in [2.05, 4.69) is 0 Å². The number of amides is 2. The number of carbonyl (C=O) groups excluding carboxylic acids is 2. The SMILES string of the molecule is CC(C)[C@@H](CO)N1C(=O)C2CCCC2C1=O. The lowest BCUT2D eigenvalue weighted by atomic mass is 10.00. The lowest BCUT2D eigenvalue weighted by molar-refractivity contribution is -0.145. The zero-order chi connectivity index (χ0) is 11.9. The Balaban J connectivity index is 2.23. The fourth-order valence-corrected chi connectivity index (χ4v) is 2.93. The molecule has 16 heavy (non-hydrogen) atoms. The topological polar surface area (TPSA) is 57.6 Å². The maximum absolute atomic E-state index is 12.1. The molecule has 1 saturated heterocycles. The van der Waals surface area contributed by atoms with E-state index in [-0.39, 0.29) is 42.2 Å². The van der Waals surface area contributed by atoms with Crippen LogP contribution in [-0.4, -0.2) is 34.5 Å². The predicted octanol–water partition coefficient (Wildman–Crippen LogP) is 0.788. The van der Waals surface area contributed by atoms with E-state index in [4.69, 9.17) is 0 Å². The Kier molecular flexibility index (Phi) is 3.02. The number of hydrogen-bond donors (Lipinski definition) is 1. The second kappa shape index (κ2) is 4.17. The Morgan fingerprint density at radius 1 is 1.25 bits per heavy atom. The van der Waals surface area contributed by atoms with Crippen molar-refractivity contribution in [3.8, 4) is 0 Å². The van der Waals surface area contributed by atoms with Gasteiger partial charge in [0, 0.05) is 0 Å². The van der Waals surface area contributed by atoms with Crippen molar-refractivity contribution in [1.29, 1.82) is 0 Å². The van der Waals surface area contributed by atoms with E-state index in [1.807, 2.05) is 13.8 Å². The molecule has 2 unspecified atom stereocenters. The fraction of sp³-hybridized carbons (Fsp3) is 0.833. The first-order valence-electron chi connectivity index (χ1n) is 6.05. The average Bonchev–Trinajstić information content (AvgIpc) is 2.78. The maximum atomic E-state index is 12.1. The van der Waals surface area contributed by atoms with Crippen molar-refractivity contribution in [2.75, 3.05) is 6.61 Å². The largest absolute Gasteiger partial charge is 0.394 e. The van der Waals surface area contributed by atoms with Crippen LogP contribution in [0.4, 0.5) is 0 Å². The molecule has 0 aromatic rings. The Morgan fingerprint density at radius 3 is 2.12 bits per heavy atom. The van der Waals surface area contributed by atoms with Gasteiger partial charge < -0.3 is 5.11 Å². The van der Waals surface area contributed by atoms with Crippen LogP contribution in [0.2, 0.25) is 0 Å². The second-order valence-corrected chi connectivity index (χ2v) is 5.18. The van der Waals surface area contributed by atoms with E-state index in [0.717, 1.165) is 19.3 Å². The minimum Gasteiger partial charge on any atom is -0.394 e. The van der Waals surface area contributed by atoms with E-state index in [9.17, 15) is 14.7 Å². The molecule has 0 bridgehead atoms. The van der Waals surface area contributed by atoms with Crippen molar-refractivity contribution in [2.24, 2.45) is 17.8 Å². The molecule has 90 valence electrons. The summed E-state index contributed by atoms with van der Waals surface area (Å²) < 4.78 is 0. The van der Waals surface area contributed by atoms with E-state index < -0.39 is 0 Å². The maximum Gasteiger partial charge on any atom is 0.233 e. The van der Waals surface area contributed by atoms with E-state index in [0.29, 0.717) is 0 Å². The summed E-state index contributed by atoms with van der Waals surface area (Å²) in [7, 11) is 0. The van der Waals surface area contributed by atoms with Crippen LogP contribution in [-0.2, 0) is 9.59 Å². The van der Waals surface area contributed by atoms with Gasteiger partial charge in [-0.25, -0.2) is 0 Å². The van der Waals surface area contributed by atoms with Crippen molar-refractivity contribution in [3.63, 3.8) is 0 Å². The molecule has 1 N–H and O–H groups in total. The van der Waals surface area contributed by atoms with Crippen LogP contribution >= 0.6 is 0 Å². The molecule has 0 aromatic heterocycles. The summed E-state index contributed by atoms with van der Waals surface area (Å²) in [5, 5.41) is 9.31. The van der Waals surface area contributed by atoms with E-state index >= 15 is 0 Å². The third-order valence-corrected chi connectivity index (χ3v) is 3.91. The average molecular weight is 225 g/mol. The van der Waals surface area contributed by atoms with Crippen molar-refractivity contribution < 1.29 is 14.7 Å². The number of rotatable bonds is 3. The highest BCUT2D eigenvalue weighted by Crippen LogP contribution is 2.41. The summed E-state index contributed by atoms with van der Waals surface area (Å²) in [6.07, 6.45) is 2.65. The molecule has 2 amide bonds. The van der Waals surface area contributed by atoms with Gasteiger partial charge in [0.1, 0.15) is 0 Å². The first-order chi connectivity index (χ1) is 7.57.